The van der Waals surface area contributed by atoms with Gasteiger partial charge in [0.05, 0.1) is 5.52 Å². The first-order chi connectivity index (χ1) is 9.74. The van der Waals surface area contributed by atoms with E-state index < -0.39 is 0 Å². The Bertz CT molecular complexity index is 644. The first kappa shape index (κ1) is 12.3. The molecule has 2 aliphatic rings. The molecule has 1 saturated carbocycles. The monoisotopic (exact) mass is 273 g/mol. The van der Waals surface area contributed by atoms with Crippen LogP contribution < -0.4 is 5.32 Å². The van der Waals surface area contributed by atoms with Crippen LogP contribution in [0.15, 0.2) is 18.2 Å². The van der Waals surface area contributed by atoms with Crippen LogP contribution in [0.3, 0.4) is 0 Å². The number of benzene rings is 1. The van der Waals surface area contributed by atoms with Gasteiger partial charge in [0.15, 0.2) is 5.82 Å². The fraction of sp³-hybridized carbons (Fsp3) is 0.562. The second kappa shape index (κ2) is 4.55. The van der Waals surface area contributed by atoms with E-state index in [1.165, 1.54) is 18.9 Å². The number of rotatable bonds is 2. The smallest absolute Gasteiger partial charge is 0.151 e. The molecule has 0 amide bonds. The molecule has 0 bridgehead atoms. The summed E-state index contributed by atoms with van der Waals surface area (Å²) in [6.45, 7) is 3.25. The maximum Gasteiger partial charge on any atom is 0.151 e. The van der Waals surface area contributed by atoms with Crippen molar-refractivity contribution in [2.24, 2.45) is 0 Å². The van der Waals surface area contributed by atoms with E-state index in [2.05, 4.69) is 16.8 Å². The quantitative estimate of drug-likeness (QED) is 0.909. The van der Waals surface area contributed by atoms with Gasteiger partial charge in [0, 0.05) is 18.0 Å². The first-order valence-corrected chi connectivity index (χ1v) is 7.64. The van der Waals surface area contributed by atoms with Crippen LogP contribution in [0.2, 0.25) is 0 Å². The van der Waals surface area contributed by atoms with Gasteiger partial charge in [-0.05, 0) is 51.3 Å². The Hall–Kier alpha value is -1.42. The highest BCUT2D eigenvalue weighted by atomic mass is 19.1. The molecule has 0 spiro atoms. The maximum atomic E-state index is 14.0. The average Bonchev–Trinajstić information content (AvgIpc) is 3.19. The molecule has 1 aliphatic heterocycles. The number of aromatic nitrogens is 2. The number of nitrogens with zero attached hydrogens (tertiary/aromatic N) is 2. The van der Waals surface area contributed by atoms with Gasteiger partial charge in [-0.2, -0.15) is 0 Å². The number of para-hydroxylation sites is 1. The Morgan fingerprint density at radius 2 is 2.15 bits per heavy atom. The van der Waals surface area contributed by atoms with Crippen molar-refractivity contribution < 1.29 is 4.39 Å². The normalized spacial score (nSPS) is 27.1. The summed E-state index contributed by atoms with van der Waals surface area (Å²) >= 11 is 0. The number of nitrogens with one attached hydrogen (secondary N) is 1. The molecule has 2 unspecified atom stereocenters. The van der Waals surface area contributed by atoms with Crippen LogP contribution in [0.5, 0.6) is 0 Å². The van der Waals surface area contributed by atoms with E-state index in [-0.39, 0.29) is 5.82 Å². The first-order valence-electron chi connectivity index (χ1n) is 7.64. The minimum atomic E-state index is -0.190. The highest BCUT2D eigenvalue weighted by molar-refractivity contribution is 5.77. The highest BCUT2D eigenvalue weighted by Crippen LogP contribution is 2.42. The highest BCUT2D eigenvalue weighted by Gasteiger charge is 2.33. The average molecular weight is 273 g/mol. The summed E-state index contributed by atoms with van der Waals surface area (Å²) in [5.41, 5.74) is 1.54. The minimum absolute atomic E-state index is 0.190. The van der Waals surface area contributed by atoms with Crippen molar-refractivity contribution in [1.29, 1.82) is 0 Å². The number of hydrogen-bond acceptors (Lipinski definition) is 2. The molecule has 4 heteroatoms. The van der Waals surface area contributed by atoms with Crippen molar-refractivity contribution >= 4 is 11.0 Å². The fourth-order valence-corrected chi connectivity index (χ4v) is 3.47. The van der Waals surface area contributed by atoms with Crippen LogP contribution >= 0.6 is 0 Å². The zero-order valence-corrected chi connectivity index (χ0v) is 11.8. The summed E-state index contributed by atoms with van der Waals surface area (Å²) < 4.78 is 16.3. The van der Waals surface area contributed by atoms with E-state index in [1.807, 2.05) is 6.07 Å². The topological polar surface area (TPSA) is 29.9 Å². The van der Waals surface area contributed by atoms with Crippen molar-refractivity contribution in [2.75, 3.05) is 6.54 Å². The fourth-order valence-electron chi connectivity index (χ4n) is 3.47. The van der Waals surface area contributed by atoms with Gasteiger partial charge < -0.3 is 9.88 Å². The van der Waals surface area contributed by atoms with Gasteiger partial charge in [0.2, 0.25) is 0 Å². The number of imidazole rings is 1. The van der Waals surface area contributed by atoms with E-state index >= 15 is 0 Å². The molecule has 1 saturated heterocycles. The SMILES string of the molecule is CC1CC(c2nc3c(F)cccc3n2C2CC2)CCN1. The molecule has 0 radical (unpaired) electrons. The van der Waals surface area contributed by atoms with Crippen LogP contribution in [0, 0.1) is 5.82 Å². The van der Waals surface area contributed by atoms with Gasteiger partial charge in [-0.15, -0.1) is 0 Å². The Morgan fingerprint density at radius 1 is 1.30 bits per heavy atom. The van der Waals surface area contributed by atoms with Gasteiger partial charge in [0.25, 0.3) is 0 Å². The van der Waals surface area contributed by atoms with E-state index in [0.29, 0.717) is 23.5 Å². The Labute approximate surface area is 118 Å². The molecule has 3 nitrogen and oxygen atoms in total. The van der Waals surface area contributed by atoms with Crippen molar-refractivity contribution in [1.82, 2.24) is 14.9 Å². The number of halogens is 1. The number of fused-ring (bicyclic) bond motifs is 1. The lowest BCUT2D eigenvalue weighted by atomic mass is 9.92. The summed E-state index contributed by atoms with van der Waals surface area (Å²) in [5, 5.41) is 3.48. The lowest BCUT2D eigenvalue weighted by molar-refractivity contribution is 0.364. The summed E-state index contributed by atoms with van der Waals surface area (Å²) in [7, 11) is 0. The minimum Gasteiger partial charge on any atom is -0.325 e. The van der Waals surface area contributed by atoms with Crippen molar-refractivity contribution in [2.45, 2.75) is 50.6 Å². The largest absolute Gasteiger partial charge is 0.325 e. The van der Waals surface area contributed by atoms with E-state index in [1.54, 1.807) is 6.07 Å². The molecule has 1 aromatic carbocycles. The van der Waals surface area contributed by atoms with E-state index in [9.17, 15) is 4.39 Å². The van der Waals surface area contributed by atoms with Gasteiger partial charge in [0.1, 0.15) is 11.3 Å². The Balaban J connectivity index is 1.85. The number of piperidine rings is 1. The van der Waals surface area contributed by atoms with Crippen LogP contribution in [-0.4, -0.2) is 22.1 Å². The third-order valence-corrected chi connectivity index (χ3v) is 4.60. The predicted molar refractivity (Wildman–Crippen MR) is 77.4 cm³/mol. The van der Waals surface area contributed by atoms with Crippen LogP contribution in [0.25, 0.3) is 11.0 Å². The Morgan fingerprint density at radius 3 is 2.90 bits per heavy atom. The number of hydrogen-bond donors (Lipinski definition) is 1. The Kier molecular flexibility index (Phi) is 2.81. The molecule has 2 fully saturated rings. The van der Waals surface area contributed by atoms with Crippen molar-refractivity contribution in [3.05, 3.63) is 29.8 Å². The summed E-state index contributed by atoms with van der Waals surface area (Å²) in [4.78, 5) is 4.69. The lowest BCUT2D eigenvalue weighted by Gasteiger charge is -2.28. The molecule has 4 rings (SSSR count). The standard InChI is InChI=1S/C16H20FN3/c1-10-9-11(7-8-18-10)16-19-15-13(17)3-2-4-14(15)20(16)12-5-6-12/h2-4,10-12,18H,5-9H2,1H3. The molecular weight excluding hydrogens is 253 g/mol. The van der Waals surface area contributed by atoms with Gasteiger partial charge in [-0.25, -0.2) is 9.37 Å². The van der Waals surface area contributed by atoms with Gasteiger partial charge >= 0.3 is 0 Å². The molecule has 1 aliphatic carbocycles. The molecular formula is C16H20FN3. The second-order valence-corrected chi connectivity index (χ2v) is 6.26. The molecule has 2 aromatic rings. The van der Waals surface area contributed by atoms with Crippen molar-refractivity contribution in [3.8, 4) is 0 Å². The summed E-state index contributed by atoms with van der Waals surface area (Å²) in [6, 6.07) is 6.39. The van der Waals surface area contributed by atoms with E-state index in [4.69, 9.17) is 4.98 Å². The molecule has 1 aromatic heterocycles. The van der Waals surface area contributed by atoms with Crippen LogP contribution in [0.1, 0.15) is 50.4 Å². The third kappa shape index (κ3) is 1.94. The van der Waals surface area contributed by atoms with Crippen molar-refractivity contribution in [3.63, 3.8) is 0 Å². The molecule has 20 heavy (non-hydrogen) atoms. The van der Waals surface area contributed by atoms with E-state index in [0.717, 1.165) is 30.7 Å². The second-order valence-electron chi connectivity index (χ2n) is 6.26. The zero-order chi connectivity index (χ0) is 13.7. The summed E-state index contributed by atoms with van der Waals surface area (Å²) in [5.74, 6) is 1.38. The maximum absolute atomic E-state index is 14.0. The van der Waals surface area contributed by atoms with Gasteiger partial charge in [-0.1, -0.05) is 6.07 Å². The molecule has 2 heterocycles. The summed E-state index contributed by atoms with van der Waals surface area (Å²) in [6.07, 6.45) is 4.60. The zero-order valence-electron chi connectivity index (χ0n) is 11.8. The van der Waals surface area contributed by atoms with Crippen LogP contribution in [0.4, 0.5) is 4.39 Å². The lowest BCUT2D eigenvalue weighted by Crippen LogP contribution is -2.35. The molecule has 1 N–H and O–H groups in total. The third-order valence-electron chi connectivity index (χ3n) is 4.60. The molecule has 106 valence electrons. The molecule has 2 atom stereocenters. The van der Waals surface area contributed by atoms with Gasteiger partial charge in [-0.3, -0.25) is 0 Å². The predicted octanol–water partition coefficient (Wildman–Crippen LogP) is 3.37. The van der Waals surface area contributed by atoms with Crippen LogP contribution in [-0.2, 0) is 0 Å².